The number of anilines is 2. The van der Waals surface area contributed by atoms with Gasteiger partial charge in [0, 0.05) is 21.0 Å². The Kier molecular flexibility index (Phi) is 4.40. The topological polar surface area (TPSA) is 74.3 Å². The Balaban J connectivity index is 1.75. The quantitative estimate of drug-likeness (QED) is 0.633. The minimum atomic E-state index is -0.321. The number of nitrogens with one attached hydrogen (secondary N) is 2. The molecule has 0 bridgehead atoms. The van der Waals surface area contributed by atoms with Gasteiger partial charge in [-0.05, 0) is 36.4 Å². The summed E-state index contributed by atoms with van der Waals surface area (Å²) in [5.41, 5.74) is 1.26. The minimum Gasteiger partial charge on any atom is -0.340 e. The lowest BCUT2D eigenvalue weighted by atomic mass is 10.1. The molecule has 1 aromatic heterocycles. The largest absolute Gasteiger partial charge is 0.340 e. The Morgan fingerprint density at radius 2 is 1.96 bits per heavy atom. The predicted octanol–water partition coefficient (Wildman–Crippen LogP) is 2.97. The van der Waals surface area contributed by atoms with Crippen LogP contribution in [0.4, 0.5) is 11.5 Å². The number of hydrogen-bond donors (Lipinski definition) is 2. The summed E-state index contributed by atoms with van der Waals surface area (Å²) in [4.78, 5) is 31.5. The van der Waals surface area contributed by atoms with Crippen LogP contribution in [0.1, 0.15) is 4.88 Å². The molecule has 0 saturated carbocycles. The van der Waals surface area contributed by atoms with E-state index in [1.54, 1.807) is 18.2 Å². The molecular formula is C19H12BrN3O2S. The van der Waals surface area contributed by atoms with Gasteiger partial charge in [0.15, 0.2) is 0 Å². The van der Waals surface area contributed by atoms with Crippen LogP contribution in [0.3, 0.4) is 0 Å². The van der Waals surface area contributed by atoms with E-state index in [1.165, 1.54) is 0 Å². The van der Waals surface area contributed by atoms with Crippen LogP contribution in [-0.4, -0.2) is 10.9 Å². The summed E-state index contributed by atoms with van der Waals surface area (Å²) in [7, 11) is 0. The number of thiazole rings is 1. The molecule has 0 fully saturated rings. The molecule has 2 heterocycles. The van der Waals surface area contributed by atoms with Crippen molar-refractivity contribution in [2.75, 3.05) is 5.32 Å². The molecule has 26 heavy (non-hydrogen) atoms. The predicted molar refractivity (Wildman–Crippen MR) is 107 cm³/mol. The fourth-order valence-electron chi connectivity index (χ4n) is 2.60. The number of aromatic amines is 1. The average molecular weight is 426 g/mol. The SMILES string of the molecule is O=C1N=c2ccccc2=C/C1=C/c1sc(=O)[nH]c1Nc1cccc(Br)c1. The molecule has 128 valence electrons. The van der Waals surface area contributed by atoms with Gasteiger partial charge < -0.3 is 5.32 Å². The number of nitrogens with zero attached hydrogens (tertiary/aromatic N) is 1. The van der Waals surface area contributed by atoms with Crippen LogP contribution >= 0.6 is 27.3 Å². The highest BCUT2D eigenvalue weighted by Gasteiger charge is 2.13. The number of carbonyl (C=O) groups excluding carboxylic acids is 1. The van der Waals surface area contributed by atoms with E-state index in [9.17, 15) is 9.59 Å². The Hall–Kier alpha value is -2.77. The fourth-order valence-corrected chi connectivity index (χ4v) is 3.75. The van der Waals surface area contributed by atoms with Crippen LogP contribution in [0, 0.1) is 0 Å². The molecule has 1 aliphatic rings. The van der Waals surface area contributed by atoms with Crippen molar-refractivity contribution >= 4 is 56.8 Å². The van der Waals surface area contributed by atoms with Crippen molar-refractivity contribution in [2.24, 2.45) is 4.99 Å². The molecule has 0 unspecified atom stereocenters. The lowest BCUT2D eigenvalue weighted by Crippen LogP contribution is -2.29. The third-order valence-electron chi connectivity index (χ3n) is 3.77. The molecule has 1 amide bonds. The number of rotatable bonds is 3. The molecule has 0 radical (unpaired) electrons. The third-order valence-corrected chi connectivity index (χ3v) is 5.10. The van der Waals surface area contributed by atoms with E-state index in [2.05, 4.69) is 31.2 Å². The van der Waals surface area contributed by atoms with Crippen LogP contribution in [0.5, 0.6) is 0 Å². The number of carbonyl (C=O) groups is 1. The average Bonchev–Trinajstić information content (AvgIpc) is 2.94. The highest BCUT2D eigenvalue weighted by molar-refractivity contribution is 9.10. The minimum absolute atomic E-state index is 0.199. The second-order valence-electron chi connectivity index (χ2n) is 5.61. The van der Waals surface area contributed by atoms with Crippen LogP contribution in [-0.2, 0) is 4.79 Å². The zero-order valence-electron chi connectivity index (χ0n) is 13.3. The molecule has 2 aromatic carbocycles. The first-order chi connectivity index (χ1) is 12.6. The first-order valence-corrected chi connectivity index (χ1v) is 9.37. The Bertz CT molecular complexity index is 1220. The molecule has 4 rings (SSSR count). The molecule has 5 nitrogen and oxygen atoms in total. The van der Waals surface area contributed by atoms with E-state index in [1.807, 2.05) is 42.5 Å². The molecule has 1 aliphatic heterocycles. The van der Waals surface area contributed by atoms with Crippen molar-refractivity contribution in [1.82, 2.24) is 4.98 Å². The van der Waals surface area contributed by atoms with Crippen molar-refractivity contribution in [3.8, 4) is 0 Å². The van der Waals surface area contributed by atoms with Crippen LogP contribution in [0.2, 0.25) is 0 Å². The summed E-state index contributed by atoms with van der Waals surface area (Å²) in [6, 6.07) is 15.0. The molecule has 0 spiro atoms. The number of benzene rings is 2. The van der Waals surface area contributed by atoms with Gasteiger partial charge in [-0.2, -0.15) is 0 Å². The number of H-pyrrole nitrogens is 1. The maximum absolute atomic E-state index is 12.3. The number of amides is 1. The second kappa shape index (κ2) is 6.86. The van der Waals surface area contributed by atoms with Gasteiger partial charge in [0.05, 0.1) is 10.2 Å². The molecule has 0 saturated heterocycles. The van der Waals surface area contributed by atoms with Gasteiger partial charge in [0.2, 0.25) is 0 Å². The number of fused-ring (bicyclic) bond motifs is 1. The summed E-state index contributed by atoms with van der Waals surface area (Å²) in [6.45, 7) is 0. The van der Waals surface area contributed by atoms with Gasteiger partial charge >= 0.3 is 4.87 Å². The van der Waals surface area contributed by atoms with Gasteiger partial charge in [-0.1, -0.05) is 51.5 Å². The van der Waals surface area contributed by atoms with Crippen molar-refractivity contribution in [1.29, 1.82) is 0 Å². The fraction of sp³-hybridized carbons (Fsp3) is 0. The monoisotopic (exact) mass is 425 g/mol. The van der Waals surface area contributed by atoms with E-state index in [-0.39, 0.29) is 10.8 Å². The van der Waals surface area contributed by atoms with Gasteiger partial charge in [0.1, 0.15) is 5.82 Å². The third kappa shape index (κ3) is 3.44. The Labute approximate surface area is 160 Å². The van der Waals surface area contributed by atoms with Gasteiger partial charge in [-0.3, -0.25) is 14.6 Å². The molecule has 3 aromatic rings. The summed E-state index contributed by atoms with van der Waals surface area (Å²) < 4.78 is 0.922. The summed E-state index contributed by atoms with van der Waals surface area (Å²) >= 11 is 4.46. The van der Waals surface area contributed by atoms with Crippen LogP contribution in [0.25, 0.3) is 12.2 Å². The van der Waals surface area contributed by atoms with Crippen molar-refractivity contribution < 1.29 is 4.79 Å². The standard InChI is InChI=1S/C19H12BrN3O2S/c20-13-5-3-6-14(10-13)21-17-16(26-19(25)23-17)9-12-8-11-4-1-2-7-15(11)22-18(12)24/h1-10,21H,(H,23,25)/b12-9-. The first kappa shape index (κ1) is 16.7. The number of hydrogen-bond acceptors (Lipinski definition) is 4. The van der Waals surface area contributed by atoms with E-state index in [4.69, 9.17) is 0 Å². The molecule has 0 atom stereocenters. The van der Waals surface area contributed by atoms with Crippen LogP contribution in [0.15, 0.2) is 68.4 Å². The van der Waals surface area contributed by atoms with E-state index < -0.39 is 0 Å². The smallest absolute Gasteiger partial charge is 0.306 e. The molecular weight excluding hydrogens is 414 g/mol. The summed E-state index contributed by atoms with van der Waals surface area (Å²) in [6.07, 6.45) is 3.47. The molecule has 0 aliphatic carbocycles. The lowest BCUT2D eigenvalue weighted by molar-refractivity contribution is -0.114. The summed E-state index contributed by atoms with van der Waals surface area (Å²) in [5, 5.41) is 4.72. The highest BCUT2D eigenvalue weighted by Crippen LogP contribution is 2.25. The maximum Gasteiger partial charge on any atom is 0.306 e. The first-order valence-electron chi connectivity index (χ1n) is 7.76. The lowest BCUT2D eigenvalue weighted by Gasteiger charge is -2.07. The molecule has 2 N–H and O–H groups in total. The van der Waals surface area contributed by atoms with Crippen molar-refractivity contribution in [3.63, 3.8) is 0 Å². The highest BCUT2D eigenvalue weighted by atomic mass is 79.9. The van der Waals surface area contributed by atoms with Gasteiger partial charge in [-0.15, -0.1) is 0 Å². The Morgan fingerprint density at radius 3 is 2.81 bits per heavy atom. The van der Waals surface area contributed by atoms with Gasteiger partial charge in [0.25, 0.3) is 5.91 Å². The summed E-state index contributed by atoms with van der Waals surface area (Å²) in [5.74, 6) is 0.226. The molecule has 7 heteroatoms. The number of aromatic nitrogens is 1. The second-order valence-corrected chi connectivity index (χ2v) is 7.54. The maximum atomic E-state index is 12.3. The normalized spacial score (nSPS) is 14.5. The van der Waals surface area contributed by atoms with Crippen molar-refractivity contribution in [2.45, 2.75) is 0 Å². The van der Waals surface area contributed by atoms with E-state index in [0.29, 0.717) is 21.6 Å². The van der Waals surface area contributed by atoms with Gasteiger partial charge in [-0.25, -0.2) is 4.99 Å². The zero-order chi connectivity index (χ0) is 18.1. The number of halogens is 1. The van der Waals surface area contributed by atoms with Crippen LogP contribution < -0.4 is 20.8 Å². The number of para-hydroxylation sites is 1. The van der Waals surface area contributed by atoms with Crippen molar-refractivity contribution in [3.05, 3.63) is 83.7 Å². The Morgan fingerprint density at radius 1 is 1.12 bits per heavy atom. The zero-order valence-corrected chi connectivity index (χ0v) is 15.7. The van der Waals surface area contributed by atoms with E-state index in [0.717, 1.165) is 26.7 Å². The van der Waals surface area contributed by atoms with E-state index >= 15 is 0 Å².